The van der Waals surface area contributed by atoms with E-state index < -0.39 is 9.84 Å². The Morgan fingerprint density at radius 2 is 2.04 bits per heavy atom. The number of fused-ring (bicyclic) bond motifs is 1. The number of benzene rings is 1. The van der Waals surface area contributed by atoms with Crippen molar-refractivity contribution in [1.82, 2.24) is 5.32 Å². The van der Waals surface area contributed by atoms with Gasteiger partial charge in [-0.3, -0.25) is 4.99 Å². The molecule has 0 bridgehead atoms. The van der Waals surface area contributed by atoms with Crippen LogP contribution in [-0.4, -0.2) is 45.0 Å². The third-order valence-electron chi connectivity index (χ3n) is 5.83. The van der Waals surface area contributed by atoms with E-state index in [1.54, 1.807) is 0 Å². The average Bonchev–Trinajstić information content (AvgIpc) is 3.20. The lowest BCUT2D eigenvalue weighted by Crippen LogP contribution is -2.42. The molecule has 4 rings (SSSR count). The number of nitrogens with one attached hydrogen (secondary N) is 1. The lowest BCUT2D eigenvalue weighted by atomic mass is 9.86. The number of hydrogen-bond donors (Lipinski definition) is 1. The zero-order valence-corrected chi connectivity index (χ0v) is 17.5. The fourth-order valence-electron chi connectivity index (χ4n) is 3.94. The molecule has 1 unspecified atom stereocenters. The summed E-state index contributed by atoms with van der Waals surface area (Å²) < 4.78 is 23.5. The van der Waals surface area contributed by atoms with Crippen LogP contribution in [0.5, 0.6) is 0 Å². The highest BCUT2D eigenvalue weighted by molar-refractivity contribution is 7.91. The highest BCUT2D eigenvalue weighted by atomic mass is 32.2. The van der Waals surface area contributed by atoms with Gasteiger partial charge in [0.25, 0.3) is 0 Å². The first-order valence-corrected chi connectivity index (χ1v) is 12.0. The highest BCUT2D eigenvalue weighted by Gasteiger charge is 2.31. The van der Waals surface area contributed by atoms with Crippen LogP contribution in [0.3, 0.4) is 0 Å². The van der Waals surface area contributed by atoms with Gasteiger partial charge in [0.1, 0.15) is 0 Å². The zero-order chi connectivity index (χ0) is 19.2. The monoisotopic (exact) mass is 389 g/mol. The molecule has 0 radical (unpaired) electrons. The summed E-state index contributed by atoms with van der Waals surface area (Å²) >= 11 is 0. The average molecular weight is 390 g/mol. The van der Waals surface area contributed by atoms with Gasteiger partial charge >= 0.3 is 0 Å². The molecule has 1 saturated heterocycles. The third-order valence-corrected chi connectivity index (χ3v) is 7.67. The first-order valence-electron chi connectivity index (χ1n) is 10.1. The molecular formula is C21H31N3O2S. The summed E-state index contributed by atoms with van der Waals surface area (Å²) in [5.41, 5.74) is 4.15. The van der Waals surface area contributed by atoms with E-state index in [0.29, 0.717) is 24.1 Å². The second-order valence-electron chi connectivity index (χ2n) is 9.35. The van der Waals surface area contributed by atoms with E-state index in [1.807, 2.05) is 0 Å². The lowest BCUT2D eigenvalue weighted by molar-refractivity contribution is 0.589. The van der Waals surface area contributed by atoms with Crippen molar-refractivity contribution in [3.05, 3.63) is 29.3 Å². The molecule has 0 aromatic heterocycles. The quantitative estimate of drug-likeness (QED) is 0.638. The smallest absolute Gasteiger partial charge is 0.198 e. The van der Waals surface area contributed by atoms with E-state index in [1.165, 1.54) is 29.7 Å². The van der Waals surface area contributed by atoms with Crippen LogP contribution in [0.2, 0.25) is 0 Å². The standard InChI is InChI=1S/C21H31N3O2S/c1-21(2,3)17-4-7-19-16(12-17)8-10-24(19)20(23-18-5-6-18)22-13-15-9-11-27(25,26)14-15/h4,7,12,15,18H,5-6,8-11,13-14H2,1-3H3,(H,22,23). The Bertz CT molecular complexity index is 851. The second kappa shape index (κ2) is 6.80. The van der Waals surface area contributed by atoms with Crippen molar-refractivity contribution in [3.8, 4) is 0 Å². The van der Waals surface area contributed by atoms with Gasteiger partial charge in [0, 0.05) is 24.8 Å². The Labute approximate surface area is 163 Å². The first-order chi connectivity index (χ1) is 12.7. The number of nitrogens with zero attached hydrogens (tertiary/aromatic N) is 2. The largest absolute Gasteiger partial charge is 0.353 e. The summed E-state index contributed by atoms with van der Waals surface area (Å²) in [6.45, 7) is 8.28. The van der Waals surface area contributed by atoms with Gasteiger partial charge in [-0.05, 0) is 54.2 Å². The fourth-order valence-corrected chi connectivity index (χ4v) is 5.79. The van der Waals surface area contributed by atoms with Gasteiger partial charge in [0.2, 0.25) is 0 Å². The molecule has 0 spiro atoms. The molecule has 5 nitrogen and oxygen atoms in total. The van der Waals surface area contributed by atoms with E-state index in [-0.39, 0.29) is 11.3 Å². The predicted octanol–water partition coefficient (Wildman–Crippen LogP) is 2.89. The number of hydrogen-bond acceptors (Lipinski definition) is 3. The van der Waals surface area contributed by atoms with E-state index in [2.05, 4.69) is 49.2 Å². The number of sulfone groups is 1. The minimum absolute atomic E-state index is 0.152. The van der Waals surface area contributed by atoms with Crippen molar-refractivity contribution < 1.29 is 8.42 Å². The van der Waals surface area contributed by atoms with E-state index in [4.69, 9.17) is 4.99 Å². The van der Waals surface area contributed by atoms with Crippen LogP contribution in [0.1, 0.15) is 51.2 Å². The SMILES string of the molecule is CC(C)(C)c1ccc2c(c1)CCN2C(=NCC1CCS(=O)(=O)C1)NC1CC1. The Hall–Kier alpha value is -1.56. The Balaban J connectivity index is 1.55. The molecule has 0 amide bonds. The van der Waals surface area contributed by atoms with Crippen molar-refractivity contribution in [2.24, 2.45) is 10.9 Å². The van der Waals surface area contributed by atoms with Gasteiger partial charge in [-0.1, -0.05) is 32.9 Å². The van der Waals surface area contributed by atoms with Gasteiger partial charge < -0.3 is 10.2 Å². The van der Waals surface area contributed by atoms with Crippen LogP contribution in [-0.2, 0) is 21.7 Å². The van der Waals surface area contributed by atoms with Gasteiger partial charge in [-0.2, -0.15) is 0 Å². The van der Waals surface area contributed by atoms with Gasteiger partial charge in [0.15, 0.2) is 15.8 Å². The molecule has 2 heterocycles. The van der Waals surface area contributed by atoms with Crippen molar-refractivity contribution in [2.75, 3.05) is 29.5 Å². The summed E-state index contributed by atoms with van der Waals surface area (Å²) in [6, 6.07) is 7.32. The van der Waals surface area contributed by atoms with Crippen LogP contribution in [0.15, 0.2) is 23.2 Å². The lowest BCUT2D eigenvalue weighted by Gasteiger charge is -2.24. The molecule has 2 fully saturated rings. The molecule has 2 aliphatic heterocycles. The number of guanidine groups is 1. The molecule has 27 heavy (non-hydrogen) atoms. The summed E-state index contributed by atoms with van der Waals surface area (Å²) in [5.74, 6) is 1.71. The van der Waals surface area contributed by atoms with Gasteiger partial charge in [-0.15, -0.1) is 0 Å². The molecule has 1 aliphatic carbocycles. The summed E-state index contributed by atoms with van der Waals surface area (Å²) in [4.78, 5) is 7.17. The molecule has 1 N–H and O–H groups in total. The molecule has 1 atom stereocenters. The normalized spacial score (nSPS) is 24.9. The van der Waals surface area contributed by atoms with Crippen LogP contribution in [0.25, 0.3) is 0 Å². The van der Waals surface area contributed by atoms with Crippen LogP contribution in [0, 0.1) is 5.92 Å². The van der Waals surface area contributed by atoms with Crippen LogP contribution < -0.4 is 10.2 Å². The van der Waals surface area contributed by atoms with Crippen molar-refractivity contribution in [1.29, 1.82) is 0 Å². The van der Waals surface area contributed by atoms with Crippen molar-refractivity contribution in [2.45, 2.75) is 57.9 Å². The summed E-state index contributed by atoms with van der Waals surface area (Å²) in [5, 5.41) is 3.59. The Morgan fingerprint density at radius 3 is 2.67 bits per heavy atom. The first kappa shape index (κ1) is 18.8. The molecular weight excluding hydrogens is 358 g/mol. The minimum atomic E-state index is -2.84. The summed E-state index contributed by atoms with van der Waals surface area (Å²) in [7, 11) is -2.84. The van der Waals surface area contributed by atoms with Gasteiger partial charge in [-0.25, -0.2) is 8.42 Å². The van der Waals surface area contributed by atoms with Crippen molar-refractivity contribution in [3.63, 3.8) is 0 Å². The topological polar surface area (TPSA) is 61.8 Å². The maximum absolute atomic E-state index is 11.7. The van der Waals surface area contributed by atoms with Crippen molar-refractivity contribution >= 4 is 21.5 Å². The van der Waals surface area contributed by atoms with E-state index in [0.717, 1.165) is 25.3 Å². The minimum Gasteiger partial charge on any atom is -0.353 e. The van der Waals surface area contributed by atoms with E-state index >= 15 is 0 Å². The van der Waals surface area contributed by atoms with Gasteiger partial charge in [0.05, 0.1) is 11.5 Å². The highest BCUT2D eigenvalue weighted by Crippen LogP contribution is 2.33. The molecule has 6 heteroatoms. The molecule has 1 saturated carbocycles. The molecule has 1 aromatic rings. The Morgan fingerprint density at radius 1 is 1.26 bits per heavy atom. The number of anilines is 1. The molecule has 1 aromatic carbocycles. The third kappa shape index (κ3) is 4.31. The predicted molar refractivity (Wildman–Crippen MR) is 111 cm³/mol. The van der Waals surface area contributed by atoms with E-state index in [9.17, 15) is 8.42 Å². The maximum Gasteiger partial charge on any atom is 0.198 e. The number of aliphatic imine (C=N–C) groups is 1. The van der Waals surface area contributed by atoms with Crippen LogP contribution in [0.4, 0.5) is 5.69 Å². The Kier molecular flexibility index (Phi) is 4.73. The fraction of sp³-hybridized carbons (Fsp3) is 0.667. The second-order valence-corrected chi connectivity index (χ2v) is 11.6. The summed E-state index contributed by atoms with van der Waals surface area (Å²) in [6.07, 6.45) is 4.16. The van der Waals surface area contributed by atoms with Crippen LogP contribution >= 0.6 is 0 Å². The molecule has 148 valence electrons. The number of rotatable bonds is 3. The maximum atomic E-state index is 11.7. The zero-order valence-electron chi connectivity index (χ0n) is 16.7. The molecule has 3 aliphatic rings.